The van der Waals surface area contributed by atoms with Crippen LogP contribution < -0.4 is 10.6 Å². The molecular weight excluding hydrogens is 240 g/mol. The molecule has 1 saturated carbocycles. The molecule has 0 aromatic carbocycles. The summed E-state index contributed by atoms with van der Waals surface area (Å²) in [5.41, 5.74) is 9.08. The van der Waals surface area contributed by atoms with Crippen LogP contribution in [0.1, 0.15) is 42.5 Å². The third-order valence-corrected chi connectivity index (χ3v) is 4.11. The van der Waals surface area contributed by atoms with Crippen molar-refractivity contribution in [3.63, 3.8) is 0 Å². The van der Waals surface area contributed by atoms with Crippen molar-refractivity contribution >= 4 is 5.82 Å². The van der Waals surface area contributed by atoms with E-state index in [-0.39, 0.29) is 6.61 Å². The molecule has 19 heavy (non-hydrogen) atoms. The fourth-order valence-electron chi connectivity index (χ4n) is 2.52. The minimum absolute atomic E-state index is 0.208. The average molecular weight is 264 g/mol. The Labute approximate surface area is 114 Å². The number of aliphatic hydroxyl groups excluding tert-OH is 1. The van der Waals surface area contributed by atoms with E-state index in [9.17, 15) is 0 Å². The van der Waals surface area contributed by atoms with E-state index in [4.69, 9.17) is 10.8 Å². The van der Waals surface area contributed by atoms with Gasteiger partial charge in [0.05, 0.1) is 5.69 Å². The van der Waals surface area contributed by atoms with Crippen LogP contribution in [0.15, 0.2) is 0 Å². The highest BCUT2D eigenvalue weighted by atomic mass is 16.3. The molecular formula is C14H24N4O. The molecule has 106 valence electrons. The number of aryl methyl sites for hydroxylation is 1. The first kappa shape index (κ1) is 14.2. The lowest BCUT2D eigenvalue weighted by molar-refractivity contribution is 0.282. The van der Waals surface area contributed by atoms with Crippen LogP contribution in [0.2, 0.25) is 0 Å². The van der Waals surface area contributed by atoms with Gasteiger partial charge in [0.2, 0.25) is 0 Å². The average Bonchev–Trinajstić information content (AvgIpc) is 2.35. The Hall–Kier alpha value is -1.20. The van der Waals surface area contributed by atoms with Gasteiger partial charge in [0.15, 0.2) is 5.82 Å². The van der Waals surface area contributed by atoms with E-state index in [0.717, 1.165) is 35.6 Å². The second-order valence-corrected chi connectivity index (χ2v) is 5.27. The molecule has 1 aliphatic rings. The fraction of sp³-hybridized carbons (Fsp3) is 0.714. The molecule has 3 N–H and O–H groups in total. The maximum atomic E-state index is 9.07. The first-order valence-corrected chi connectivity index (χ1v) is 7.09. The van der Waals surface area contributed by atoms with Crippen molar-refractivity contribution in [2.45, 2.75) is 52.1 Å². The highest BCUT2D eigenvalue weighted by Gasteiger charge is 2.28. The smallest absolute Gasteiger partial charge is 0.156 e. The monoisotopic (exact) mass is 264 g/mol. The Morgan fingerprint density at radius 1 is 1.32 bits per heavy atom. The SMILES string of the molecule is Cc1nnc(N(CCCO)C2CCC2)c(CN)c1C. The van der Waals surface area contributed by atoms with Crippen LogP contribution in [0, 0.1) is 13.8 Å². The summed E-state index contributed by atoms with van der Waals surface area (Å²) >= 11 is 0. The molecule has 0 radical (unpaired) electrons. The predicted octanol–water partition coefficient (Wildman–Crippen LogP) is 1.29. The molecule has 1 aliphatic carbocycles. The van der Waals surface area contributed by atoms with Crippen molar-refractivity contribution in [2.24, 2.45) is 5.73 Å². The Kier molecular flexibility index (Phi) is 4.71. The summed E-state index contributed by atoms with van der Waals surface area (Å²) in [5.74, 6) is 0.920. The van der Waals surface area contributed by atoms with Crippen LogP contribution >= 0.6 is 0 Å². The molecule has 0 atom stereocenters. The second kappa shape index (κ2) is 6.30. The lowest BCUT2D eigenvalue weighted by atomic mass is 9.90. The van der Waals surface area contributed by atoms with Gasteiger partial charge in [-0.3, -0.25) is 0 Å². The van der Waals surface area contributed by atoms with Crippen molar-refractivity contribution in [2.75, 3.05) is 18.1 Å². The Bertz CT molecular complexity index is 432. The van der Waals surface area contributed by atoms with E-state index < -0.39 is 0 Å². The number of rotatable bonds is 6. The molecule has 5 heteroatoms. The van der Waals surface area contributed by atoms with Crippen molar-refractivity contribution in [1.82, 2.24) is 10.2 Å². The molecule has 0 unspecified atom stereocenters. The van der Waals surface area contributed by atoms with Crippen molar-refractivity contribution in [3.05, 3.63) is 16.8 Å². The first-order valence-electron chi connectivity index (χ1n) is 7.09. The molecule has 2 rings (SSSR count). The summed E-state index contributed by atoms with van der Waals surface area (Å²) in [7, 11) is 0. The molecule has 0 bridgehead atoms. The van der Waals surface area contributed by atoms with Gasteiger partial charge in [0.1, 0.15) is 0 Å². The third kappa shape index (κ3) is 2.87. The van der Waals surface area contributed by atoms with Gasteiger partial charge in [-0.15, -0.1) is 5.10 Å². The molecule has 0 saturated heterocycles. The van der Waals surface area contributed by atoms with E-state index in [2.05, 4.69) is 22.0 Å². The zero-order valence-corrected chi connectivity index (χ0v) is 11.9. The van der Waals surface area contributed by atoms with Crippen LogP contribution in [0.5, 0.6) is 0 Å². The highest BCUT2D eigenvalue weighted by molar-refractivity contribution is 5.51. The molecule has 1 aromatic rings. The Morgan fingerprint density at radius 2 is 2.05 bits per heavy atom. The number of hydrogen-bond donors (Lipinski definition) is 2. The summed E-state index contributed by atoms with van der Waals surface area (Å²) in [6.07, 6.45) is 4.43. The molecule has 0 spiro atoms. The van der Waals surface area contributed by atoms with Gasteiger partial charge in [0, 0.05) is 31.3 Å². The second-order valence-electron chi connectivity index (χ2n) is 5.27. The van der Waals surface area contributed by atoms with Gasteiger partial charge >= 0.3 is 0 Å². The van der Waals surface area contributed by atoms with Crippen LogP contribution in [-0.4, -0.2) is 34.5 Å². The quantitative estimate of drug-likeness (QED) is 0.810. The zero-order chi connectivity index (χ0) is 13.8. The topological polar surface area (TPSA) is 75.3 Å². The van der Waals surface area contributed by atoms with Gasteiger partial charge in [-0.2, -0.15) is 5.10 Å². The molecule has 0 amide bonds. The lowest BCUT2D eigenvalue weighted by Gasteiger charge is -2.39. The Balaban J connectivity index is 2.31. The summed E-state index contributed by atoms with van der Waals surface area (Å²) in [4.78, 5) is 2.29. The minimum atomic E-state index is 0.208. The normalized spacial score (nSPS) is 15.4. The summed E-state index contributed by atoms with van der Waals surface area (Å²) in [6.45, 7) is 5.54. The fourth-order valence-corrected chi connectivity index (χ4v) is 2.52. The van der Waals surface area contributed by atoms with E-state index in [1.54, 1.807) is 0 Å². The van der Waals surface area contributed by atoms with Crippen LogP contribution in [0.25, 0.3) is 0 Å². The number of nitrogens with zero attached hydrogens (tertiary/aromatic N) is 3. The minimum Gasteiger partial charge on any atom is -0.396 e. The van der Waals surface area contributed by atoms with Gasteiger partial charge in [0.25, 0.3) is 0 Å². The first-order chi connectivity index (χ1) is 9.19. The molecule has 1 aromatic heterocycles. The van der Waals surface area contributed by atoms with Crippen molar-refractivity contribution < 1.29 is 5.11 Å². The number of hydrogen-bond acceptors (Lipinski definition) is 5. The maximum Gasteiger partial charge on any atom is 0.156 e. The number of aromatic nitrogens is 2. The van der Waals surface area contributed by atoms with E-state index >= 15 is 0 Å². The molecule has 0 aliphatic heterocycles. The standard InChI is InChI=1S/C14H24N4O/c1-10-11(2)16-17-14(13(10)9-15)18(7-4-8-19)12-5-3-6-12/h12,19H,3-9,15H2,1-2H3. The van der Waals surface area contributed by atoms with Crippen LogP contribution in [-0.2, 0) is 6.54 Å². The highest BCUT2D eigenvalue weighted by Crippen LogP contribution is 2.31. The van der Waals surface area contributed by atoms with Gasteiger partial charge < -0.3 is 15.7 Å². The zero-order valence-electron chi connectivity index (χ0n) is 11.9. The van der Waals surface area contributed by atoms with Crippen molar-refractivity contribution in [1.29, 1.82) is 0 Å². The van der Waals surface area contributed by atoms with Gasteiger partial charge in [-0.25, -0.2) is 0 Å². The molecule has 1 heterocycles. The molecule has 1 fully saturated rings. The maximum absolute atomic E-state index is 9.07. The third-order valence-electron chi connectivity index (χ3n) is 4.11. The van der Waals surface area contributed by atoms with Crippen LogP contribution in [0.4, 0.5) is 5.82 Å². The van der Waals surface area contributed by atoms with Gasteiger partial charge in [-0.05, 0) is 45.1 Å². The number of aliphatic hydroxyl groups is 1. The summed E-state index contributed by atoms with van der Waals surface area (Å²) < 4.78 is 0. The van der Waals surface area contributed by atoms with Crippen LogP contribution in [0.3, 0.4) is 0 Å². The van der Waals surface area contributed by atoms with E-state index in [1.807, 2.05) is 6.92 Å². The predicted molar refractivity (Wildman–Crippen MR) is 76.1 cm³/mol. The van der Waals surface area contributed by atoms with Gasteiger partial charge in [-0.1, -0.05) is 0 Å². The van der Waals surface area contributed by atoms with E-state index in [1.165, 1.54) is 19.3 Å². The lowest BCUT2D eigenvalue weighted by Crippen LogP contribution is -2.42. The summed E-state index contributed by atoms with van der Waals surface area (Å²) in [5, 5.41) is 17.7. The largest absolute Gasteiger partial charge is 0.396 e. The number of anilines is 1. The van der Waals surface area contributed by atoms with E-state index in [0.29, 0.717) is 12.6 Å². The number of nitrogens with two attached hydrogens (primary N) is 1. The van der Waals surface area contributed by atoms with Crippen molar-refractivity contribution in [3.8, 4) is 0 Å². The molecule has 5 nitrogen and oxygen atoms in total. The summed E-state index contributed by atoms with van der Waals surface area (Å²) in [6, 6.07) is 0.535. The Morgan fingerprint density at radius 3 is 2.58 bits per heavy atom.